The minimum absolute atomic E-state index is 0.343. The molecule has 3 aromatic rings. The third kappa shape index (κ3) is 2.60. The Morgan fingerprint density at radius 2 is 1.74 bits per heavy atom. The number of fused-ring (bicyclic) bond motifs is 1. The zero-order valence-corrected chi connectivity index (χ0v) is 10.1. The second-order valence-electron chi connectivity index (χ2n) is 4.15. The van der Waals surface area contributed by atoms with Gasteiger partial charge in [-0.05, 0) is 29.8 Å². The Labute approximate surface area is 109 Å². The van der Waals surface area contributed by atoms with Gasteiger partial charge < -0.3 is 4.42 Å². The fraction of sp³-hybridized carbons (Fsp3) is 0. The average Bonchev–Trinajstić information content (AvgIpc) is 2.46. The zero-order valence-electron chi connectivity index (χ0n) is 10.1. The number of nitrogens with zero attached hydrogens (tertiary/aromatic N) is 1. The highest BCUT2D eigenvalue weighted by molar-refractivity contribution is 5.88. The smallest absolute Gasteiger partial charge is 0.336 e. The Balaban J connectivity index is 1.97. The molecule has 0 amide bonds. The van der Waals surface area contributed by atoms with Crippen LogP contribution in [-0.2, 0) is 0 Å². The molecule has 3 rings (SSSR count). The van der Waals surface area contributed by atoms with E-state index < -0.39 is 0 Å². The van der Waals surface area contributed by atoms with E-state index in [1.54, 1.807) is 12.3 Å². The first kappa shape index (κ1) is 11.4. The number of para-hydroxylation sites is 1. The summed E-state index contributed by atoms with van der Waals surface area (Å²) in [6, 6.07) is 18.5. The molecule has 0 saturated heterocycles. The van der Waals surface area contributed by atoms with Crippen molar-refractivity contribution in [3.8, 4) is 0 Å². The number of hydrogen-bond acceptors (Lipinski definition) is 3. The lowest BCUT2D eigenvalue weighted by Gasteiger charge is -1.97. The van der Waals surface area contributed by atoms with Gasteiger partial charge in [-0.3, -0.25) is 4.99 Å². The summed E-state index contributed by atoms with van der Waals surface area (Å²) in [5.41, 5.74) is 2.01. The molecule has 92 valence electrons. The number of benzene rings is 2. The van der Waals surface area contributed by atoms with Crippen LogP contribution in [0.15, 0.2) is 74.9 Å². The molecule has 0 spiro atoms. The quantitative estimate of drug-likeness (QED) is 0.515. The Kier molecular flexibility index (Phi) is 2.94. The Morgan fingerprint density at radius 3 is 2.58 bits per heavy atom. The second-order valence-corrected chi connectivity index (χ2v) is 4.15. The molecule has 19 heavy (non-hydrogen) atoms. The van der Waals surface area contributed by atoms with Crippen molar-refractivity contribution in [2.75, 3.05) is 0 Å². The fourth-order valence-corrected chi connectivity index (χ4v) is 1.82. The van der Waals surface area contributed by atoms with Gasteiger partial charge in [-0.1, -0.05) is 30.3 Å². The summed E-state index contributed by atoms with van der Waals surface area (Å²) < 4.78 is 5.14. The largest absolute Gasteiger partial charge is 0.423 e. The van der Waals surface area contributed by atoms with E-state index in [-0.39, 0.29) is 5.63 Å². The molecule has 0 radical (unpaired) electrons. The van der Waals surface area contributed by atoms with Gasteiger partial charge in [-0.15, -0.1) is 0 Å². The Hall–Kier alpha value is -2.68. The van der Waals surface area contributed by atoms with Crippen LogP contribution in [0.2, 0.25) is 0 Å². The van der Waals surface area contributed by atoms with Gasteiger partial charge in [0.25, 0.3) is 0 Å². The van der Waals surface area contributed by atoms with Crippen molar-refractivity contribution in [2.24, 2.45) is 4.99 Å². The van der Waals surface area contributed by atoms with Crippen LogP contribution in [0, 0.1) is 0 Å². The molecule has 1 aromatic heterocycles. The van der Waals surface area contributed by atoms with Gasteiger partial charge in [0.15, 0.2) is 0 Å². The summed E-state index contributed by atoms with van der Waals surface area (Å²) in [5.74, 6) is 0. The standard InChI is InChI=1S/C16H11NO2/c18-16-9-8-13-7-6-12(10-15(13)19-16)11-17-14-4-2-1-3-5-14/h1-11H. The SMILES string of the molecule is O=c1ccc2ccc(C=Nc3ccccc3)cc2o1. The topological polar surface area (TPSA) is 42.6 Å². The molecule has 0 N–H and O–H groups in total. The maximum absolute atomic E-state index is 11.2. The van der Waals surface area contributed by atoms with Gasteiger partial charge in [-0.25, -0.2) is 4.79 Å². The Bertz CT molecular complexity index is 788. The van der Waals surface area contributed by atoms with Crippen molar-refractivity contribution in [3.63, 3.8) is 0 Å². The van der Waals surface area contributed by atoms with Crippen molar-refractivity contribution in [1.82, 2.24) is 0 Å². The van der Waals surface area contributed by atoms with Crippen molar-refractivity contribution < 1.29 is 4.42 Å². The van der Waals surface area contributed by atoms with Crippen LogP contribution in [0.4, 0.5) is 5.69 Å². The van der Waals surface area contributed by atoms with Gasteiger partial charge in [0.1, 0.15) is 5.58 Å². The highest BCUT2D eigenvalue weighted by Gasteiger charge is 1.97. The molecule has 0 unspecified atom stereocenters. The summed E-state index contributed by atoms with van der Waals surface area (Å²) in [5, 5.41) is 0.900. The summed E-state index contributed by atoms with van der Waals surface area (Å²) in [6.45, 7) is 0. The van der Waals surface area contributed by atoms with Crippen molar-refractivity contribution >= 4 is 22.9 Å². The van der Waals surface area contributed by atoms with E-state index in [1.165, 1.54) is 6.07 Å². The summed E-state index contributed by atoms with van der Waals surface area (Å²) in [4.78, 5) is 15.5. The van der Waals surface area contributed by atoms with Gasteiger partial charge in [0.05, 0.1) is 5.69 Å². The minimum atomic E-state index is -0.343. The number of rotatable bonds is 2. The predicted molar refractivity (Wildman–Crippen MR) is 76.2 cm³/mol. The average molecular weight is 249 g/mol. The molecule has 3 nitrogen and oxygen atoms in total. The molecule has 0 aliphatic carbocycles. The lowest BCUT2D eigenvalue weighted by Crippen LogP contribution is -1.94. The maximum atomic E-state index is 11.2. The van der Waals surface area contributed by atoms with E-state index in [2.05, 4.69) is 4.99 Å². The molecule has 0 bridgehead atoms. The third-order valence-corrected chi connectivity index (χ3v) is 2.77. The predicted octanol–water partition coefficient (Wildman–Crippen LogP) is 3.54. The van der Waals surface area contributed by atoms with E-state index in [0.717, 1.165) is 16.6 Å². The monoisotopic (exact) mass is 249 g/mol. The molecule has 0 fully saturated rings. The Morgan fingerprint density at radius 1 is 0.947 bits per heavy atom. The first-order valence-corrected chi connectivity index (χ1v) is 5.94. The van der Waals surface area contributed by atoms with Crippen LogP contribution < -0.4 is 5.63 Å². The molecule has 0 atom stereocenters. The molecular formula is C16H11NO2. The zero-order chi connectivity index (χ0) is 13.1. The number of hydrogen-bond donors (Lipinski definition) is 0. The van der Waals surface area contributed by atoms with Crippen molar-refractivity contribution in [2.45, 2.75) is 0 Å². The van der Waals surface area contributed by atoms with Gasteiger partial charge in [-0.2, -0.15) is 0 Å². The first-order chi connectivity index (χ1) is 9.31. The van der Waals surface area contributed by atoms with E-state index in [4.69, 9.17) is 4.42 Å². The first-order valence-electron chi connectivity index (χ1n) is 5.94. The normalized spacial score (nSPS) is 11.2. The molecule has 0 aliphatic heterocycles. The van der Waals surface area contributed by atoms with Crippen molar-refractivity contribution in [1.29, 1.82) is 0 Å². The molecule has 0 aliphatic rings. The molecule has 1 heterocycles. The van der Waals surface area contributed by atoms with E-state index in [1.807, 2.05) is 48.5 Å². The summed E-state index contributed by atoms with van der Waals surface area (Å²) >= 11 is 0. The maximum Gasteiger partial charge on any atom is 0.336 e. The van der Waals surface area contributed by atoms with Crippen LogP contribution in [-0.4, -0.2) is 6.21 Å². The highest BCUT2D eigenvalue weighted by Crippen LogP contribution is 2.14. The van der Waals surface area contributed by atoms with Crippen LogP contribution >= 0.6 is 0 Å². The van der Waals surface area contributed by atoms with E-state index >= 15 is 0 Å². The van der Waals surface area contributed by atoms with Gasteiger partial charge in [0.2, 0.25) is 0 Å². The van der Waals surface area contributed by atoms with Crippen LogP contribution in [0.3, 0.4) is 0 Å². The highest BCUT2D eigenvalue weighted by atomic mass is 16.4. The summed E-state index contributed by atoms with van der Waals surface area (Å²) in [6.07, 6.45) is 1.75. The lowest BCUT2D eigenvalue weighted by atomic mass is 10.1. The van der Waals surface area contributed by atoms with E-state index in [0.29, 0.717) is 5.58 Å². The third-order valence-electron chi connectivity index (χ3n) is 2.77. The summed E-state index contributed by atoms with van der Waals surface area (Å²) in [7, 11) is 0. The van der Waals surface area contributed by atoms with Crippen LogP contribution in [0.5, 0.6) is 0 Å². The van der Waals surface area contributed by atoms with Crippen LogP contribution in [0.25, 0.3) is 11.0 Å². The molecule has 0 saturated carbocycles. The molecule has 2 aromatic carbocycles. The van der Waals surface area contributed by atoms with Gasteiger partial charge >= 0.3 is 5.63 Å². The van der Waals surface area contributed by atoms with Crippen LogP contribution in [0.1, 0.15) is 5.56 Å². The lowest BCUT2D eigenvalue weighted by molar-refractivity contribution is 0.561. The minimum Gasteiger partial charge on any atom is -0.423 e. The molecule has 3 heteroatoms. The second kappa shape index (κ2) is 4.90. The molecular weight excluding hydrogens is 238 g/mol. The van der Waals surface area contributed by atoms with E-state index in [9.17, 15) is 4.79 Å². The number of aliphatic imine (C=N–C) groups is 1. The van der Waals surface area contributed by atoms with Crippen molar-refractivity contribution in [3.05, 3.63) is 76.6 Å². The van der Waals surface area contributed by atoms with Gasteiger partial charge in [0, 0.05) is 17.7 Å². The fourth-order valence-electron chi connectivity index (χ4n) is 1.82.